The van der Waals surface area contributed by atoms with Crippen molar-refractivity contribution in [2.75, 3.05) is 0 Å². The van der Waals surface area contributed by atoms with Gasteiger partial charge in [0, 0.05) is 20.2 Å². The molecule has 1 heterocycles. The van der Waals surface area contributed by atoms with Gasteiger partial charge in [-0.05, 0) is 41.8 Å². The van der Waals surface area contributed by atoms with Gasteiger partial charge in [0.15, 0.2) is 5.43 Å². The van der Waals surface area contributed by atoms with Gasteiger partial charge in [-0.3, -0.25) is 4.79 Å². The van der Waals surface area contributed by atoms with Crippen molar-refractivity contribution in [3.63, 3.8) is 0 Å². The second kappa shape index (κ2) is 4.97. The molecule has 0 atom stereocenters. The molecule has 106 valence electrons. The number of fused-ring (bicyclic) bond motifs is 2. The SMILES string of the molecule is CC(C)c1ccc2sc3cc(C(=O)O)ccc3c(=O)c2c1. The van der Waals surface area contributed by atoms with Crippen LogP contribution in [0.15, 0.2) is 41.2 Å². The molecule has 0 aliphatic carbocycles. The van der Waals surface area contributed by atoms with Crippen LogP contribution in [0, 0.1) is 0 Å². The summed E-state index contributed by atoms with van der Waals surface area (Å²) in [5.41, 5.74) is 1.31. The zero-order valence-corrected chi connectivity index (χ0v) is 12.5. The molecule has 0 bridgehead atoms. The summed E-state index contributed by atoms with van der Waals surface area (Å²) in [6.45, 7) is 4.19. The quantitative estimate of drug-likeness (QED) is 0.720. The Labute approximate surface area is 125 Å². The Morgan fingerprint density at radius 2 is 1.81 bits per heavy atom. The Morgan fingerprint density at radius 1 is 1.05 bits per heavy atom. The maximum absolute atomic E-state index is 12.6. The second-order valence-electron chi connectivity index (χ2n) is 5.36. The summed E-state index contributed by atoms with van der Waals surface area (Å²) in [7, 11) is 0. The van der Waals surface area contributed by atoms with Crippen LogP contribution in [0.3, 0.4) is 0 Å². The van der Waals surface area contributed by atoms with Gasteiger partial charge >= 0.3 is 5.97 Å². The number of carbonyl (C=O) groups is 1. The van der Waals surface area contributed by atoms with Crippen molar-refractivity contribution in [2.24, 2.45) is 0 Å². The number of carboxylic acid groups (broad SMARTS) is 1. The number of hydrogen-bond donors (Lipinski definition) is 1. The van der Waals surface area contributed by atoms with E-state index in [2.05, 4.69) is 13.8 Å². The van der Waals surface area contributed by atoms with Crippen LogP contribution >= 0.6 is 11.3 Å². The fraction of sp³-hybridized carbons (Fsp3) is 0.176. The fourth-order valence-corrected chi connectivity index (χ4v) is 3.46. The number of benzene rings is 2. The van der Waals surface area contributed by atoms with E-state index in [1.54, 1.807) is 12.1 Å². The monoisotopic (exact) mass is 298 g/mol. The van der Waals surface area contributed by atoms with Gasteiger partial charge < -0.3 is 5.11 Å². The molecule has 0 aliphatic rings. The molecular weight excluding hydrogens is 284 g/mol. The third-order valence-electron chi connectivity index (χ3n) is 3.61. The third kappa shape index (κ3) is 2.32. The smallest absolute Gasteiger partial charge is 0.335 e. The first kappa shape index (κ1) is 13.8. The highest BCUT2D eigenvalue weighted by Crippen LogP contribution is 2.27. The largest absolute Gasteiger partial charge is 0.478 e. The van der Waals surface area contributed by atoms with Crippen LogP contribution in [-0.4, -0.2) is 11.1 Å². The van der Waals surface area contributed by atoms with Crippen molar-refractivity contribution in [3.05, 3.63) is 57.7 Å². The van der Waals surface area contributed by atoms with Gasteiger partial charge in [0.25, 0.3) is 0 Å². The maximum Gasteiger partial charge on any atom is 0.335 e. The molecule has 0 saturated carbocycles. The first-order valence-electron chi connectivity index (χ1n) is 6.71. The minimum atomic E-state index is -0.980. The summed E-state index contributed by atoms with van der Waals surface area (Å²) in [4.78, 5) is 23.6. The highest BCUT2D eigenvalue weighted by Gasteiger charge is 2.10. The minimum Gasteiger partial charge on any atom is -0.478 e. The van der Waals surface area contributed by atoms with E-state index in [9.17, 15) is 9.59 Å². The van der Waals surface area contributed by atoms with Gasteiger partial charge in [0.1, 0.15) is 0 Å². The molecule has 2 aromatic carbocycles. The third-order valence-corrected chi connectivity index (χ3v) is 4.74. The van der Waals surface area contributed by atoms with E-state index in [1.807, 2.05) is 18.2 Å². The van der Waals surface area contributed by atoms with Crippen molar-refractivity contribution in [1.82, 2.24) is 0 Å². The maximum atomic E-state index is 12.6. The first-order valence-corrected chi connectivity index (χ1v) is 7.53. The van der Waals surface area contributed by atoms with Gasteiger partial charge in [-0.25, -0.2) is 4.79 Å². The molecule has 0 amide bonds. The lowest BCUT2D eigenvalue weighted by atomic mass is 10.0. The number of aromatic carboxylic acids is 1. The van der Waals surface area contributed by atoms with Crippen molar-refractivity contribution in [1.29, 1.82) is 0 Å². The van der Waals surface area contributed by atoms with E-state index in [0.717, 1.165) is 10.3 Å². The van der Waals surface area contributed by atoms with Crippen molar-refractivity contribution in [2.45, 2.75) is 19.8 Å². The molecular formula is C17H14O3S. The van der Waals surface area contributed by atoms with Crippen LogP contribution in [0.5, 0.6) is 0 Å². The summed E-state index contributed by atoms with van der Waals surface area (Å²) in [6, 6.07) is 10.6. The van der Waals surface area contributed by atoms with Crippen LogP contribution in [-0.2, 0) is 0 Å². The van der Waals surface area contributed by atoms with E-state index >= 15 is 0 Å². The molecule has 3 rings (SSSR count). The number of rotatable bonds is 2. The molecule has 4 heteroatoms. The van der Waals surface area contributed by atoms with Crippen LogP contribution < -0.4 is 5.43 Å². The Kier molecular flexibility index (Phi) is 3.26. The van der Waals surface area contributed by atoms with Crippen molar-refractivity contribution in [3.8, 4) is 0 Å². The standard InChI is InChI=1S/C17H14O3S/c1-9(2)10-4-6-14-13(7-10)16(18)12-5-3-11(17(19)20)8-15(12)21-14/h3-9H,1-2H3,(H,19,20). The number of hydrogen-bond acceptors (Lipinski definition) is 3. The summed E-state index contributed by atoms with van der Waals surface area (Å²) >= 11 is 1.45. The highest BCUT2D eigenvalue weighted by molar-refractivity contribution is 7.24. The molecule has 1 aromatic heterocycles. The average Bonchev–Trinajstić information content (AvgIpc) is 2.46. The molecule has 3 nitrogen and oxygen atoms in total. The van der Waals surface area contributed by atoms with E-state index in [-0.39, 0.29) is 11.0 Å². The normalized spacial score (nSPS) is 11.4. The van der Waals surface area contributed by atoms with E-state index in [0.29, 0.717) is 21.4 Å². The van der Waals surface area contributed by atoms with Crippen LogP contribution in [0.1, 0.15) is 35.7 Å². The summed E-state index contributed by atoms with van der Waals surface area (Å²) in [6.07, 6.45) is 0. The summed E-state index contributed by atoms with van der Waals surface area (Å²) < 4.78 is 1.60. The molecule has 0 saturated heterocycles. The van der Waals surface area contributed by atoms with Crippen LogP contribution in [0.25, 0.3) is 20.2 Å². The Balaban J connectivity index is 2.37. The molecule has 0 aliphatic heterocycles. The lowest BCUT2D eigenvalue weighted by Crippen LogP contribution is -2.03. The van der Waals surface area contributed by atoms with Crippen molar-refractivity contribution < 1.29 is 9.90 Å². The molecule has 0 spiro atoms. The van der Waals surface area contributed by atoms with E-state index in [4.69, 9.17) is 5.11 Å². The van der Waals surface area contributed by atoms with Gasteiger partial charge in [-0.15, -0.1) is 11.3 Å². The molecule has 0 radical (unpaired) electrons. The average molecular weight is 298 g/mol. The molecule has 0 unspecified atom stereocenters. The topological polar surface area (TPSA) is 54.4 Å². The molecule has 0 fully saturated rings. The molecule has 21 heavy (non-hydrogen) atoms. The van der Waals surface area contributed by atoms with Gasteiger partial charge in [0.2, 0.25) is 0 Å². The van der Waals surface area contributed by atoms with Gasteiger partial charge in [-0.1, -0.05) is 19.9 Å². The van der Waals surface area contributed by atoms with Gasteiger partial charge in [0.05, 0.1) is 5.56 Å². The summed E-state index contributed by atoms with van der Waals surface area (Å²) in [5, 5.41) is 10.3. The Bertz CT molecular complexity index is 922. The first-order chi connectivity index (χ1) is 9.97. The predicted molar refractivity (Wildman–Crippen MR) is 86.6 cm³/mol. The van der Waals surface area contributed by atoms with E-state index < -0.39 is 5.97 Å². The van der Waals surface area contributed by atoms with E-state index in [1.165, 1.54) is 17.4 Å². The predicted octanol–water partition coefficient (Wildman–Crippen LogP) is 4.24. The summed E-state index contributed by atoms with van der Waals surface area (Å²) in [5.74, 6) is -0.615. The second-order valence-corrected chi connectivity index (χ2v) is 6.44. The van der Waals surface area contributed by atoms with Crippen LogP contribution in [0.4, 0.5) is 0 Å². The minimum absolute atomic E-state index is 0.0295. The lowest BCUT2D eigenvalue weighted by molar-refractivity contribution is 0.0697. The number of carboxylic acids is 1. The molecule has 3 aromatic rings. The zero-order chi connectivity index (χ0) is 15.1. The molecule has 1 N–H and O–H groups in total. The zero-order valence-electron chi connectivity index (χ0n) is 11.7. The van der Waals surface area contributed by atoms with Crippen LogP contribution in [0.2, 0.25) is 0 Å². The highest BCUT2D eigenvalue weighted by atomic mass is 32.1. The van der Waals surface area contributed by atoms with Crippen molar-refractivity contribution >= 4 is 37.5 Å². The Hall–Kier alpha value is -2.20. The Morgan fingerprint density at radius 3 is 2.48 bits per heavy atom. The fourth-order valence-electron chi connectivity index (χ4n) is 2.36. The lowest BCUT2D eigenvalue weighted by Gasteiger charge is -2.07. The van der Waals surface area contributed by atoms with Gasteiger partial charge in [-0.2, -0.15) is 0 Å².